The van der Waals surface area contributed by atoms with Crippen molar-refractivity contribution < 1.29 is 38.8 Å². The van der Waals surface area contributed by atoms with Crippen molar-refractivity contribution in [3.05, 3.63) is 0 Å². The Balaban J connectivity index is 2.81. The van der Waals surface area contributed by atoms with Crippen LogP contribution in [0.2, 0.25) is 0 Å². The highest BCUT2D eigenvalue weighted by Gasteiger charge is 2.47. The fraction of sp³-hybridized carbons (Fsp3) is 0.833. The van der Waals surface area contributed by atoms with E-state index >= 15 is 0 Å². The van der Waals surface area contributed by atoms with Crippen LogP contribution in [0.1, 0.15) is 40.5 Å². The second kappa shape index (κ2) is 12.1. The third-order valence-electron chi connectivity index (χ3n) is 4.20. The lowest BCUT2D eigenvalue weighted by molar-refractivity contribution is -0.268. The van der Waals surface area contributed by atoms with Gasteiger partial charge in [-0.3, -0.25) is 14.4 Å². The molecule has 0 bridgehead atoms. The largest absolute Gasteiger partial charge is 0.463 e. The van der Waals surface area contributed by atoms with Crippen LogP contribution in [0.4, 0.5) is 0 Å². The van der Waals surface area contributed by atoms with Gasteiger partial charge in [0.15, 0.2) is 6.29 Å². The number of ether oxygens (including phenoxy) is 3. The van der Waals surface area contributed by atoms with Gasteiger partial charge in [0.1, 0.15) is 31.0 Å². The zero-order valence-electron chi connectivity index (χ0n) is 16.7. The number of aliphatic hydroxyl groups is 2. The van der Waals surface area contributed by atoms with E-state index in [1.165, 1.54) is 6.92 Å². The van der Waals surface area contributed by atoms with Crippen LogP contribution in [-0.2, 0) is 28.6 Å². The number of carbonyl (C=O) groups excluding carboxylic acids is 3. The van der Waals surface area contributed by atoms with Gasteiger partial charge < -0.3 is 35.1 Å². The molecular weight excluding hydrogens is 372 g/mol. The molecule has 10 heteroatoms. The van der Waals surface area contributed by atoms with Crippen LogP contribution < -0.4 is 10.6 Å². The highest BCUT2D eigenvalue weighted by atomic mass is 16.6. The van der Waals surface area contributed by atoms with Crippen LogP contribution >= 0.6 is 0 Å². The normalized spacial score (nSPS) is 29.6. The Morgan fingerprint density at radius 1 is 1.29 bits per heavy atom. The second-order valence-electron chi connectivity index (χ2n) is 6.87. The van der Waals surface area contributed by atoms with Gasteiger partial charge >= 0.3 is 5.97 Å². The van der Waals surface area contributed by atoms with Crippen molar-refractivity contribution in [1.82, 2.24) is 10.6 Å². The Hall–Kier alpha value is -1.59. The Morgan fingerprint density at radius 3 is 2.54 bits per heavy atom. The van der Waals surface area contributed by atoms with Crippen LogP contribution in [0.15, 0.2) is 0 Å². The maximum atomic E-state index is 11.6. The van der Waals surface area contributed by atoms with E-state index in [9.17, 15) is 24.6 Å². The Kier molecular flexibility index (Phi) is 10.5. The first-order valence-corrected chi connectivity index (χ1v) is 9.40. The molecule has 0 aromatic carbocycles. The lowest BCUT2D eigenvalue weighted by Gasteiger charge is -2.43. The number of esters is 1. The smallest absolute Gasteiger partial charge is 0.305 e. The number of rotatable bonds is 11. The summed E-state index contributed by atoms with van der Waals surface area (Å²) in [7, 11) is 0. The lowest BCUT2D eigenvalue weighted by atomic mass is 9.96. The molecule has 1 radical (unpaired) electrons. The highest BCUT2D eigenvalue weighted by Crippen LogP contribution is 2.24. The van der Waals surface area contributed by atoms with Crippen LogP contribution in [0.3, 0.4) is 0 Å². The lowest BCUT2D eigenvalue weighted by Crippen LogP contribution is -2.65. The average Bonchev–Trinajstić information content (AvgIpc) is 2.64. The number of aliphatic hydroxyl groups excluding tert-OH is 2. The Labute approximate surface area is 164 Å². The van der Waals surface area contributed by atoms with Crippen molar-refractivity contribution >= 4 is 18.2 Å². The maximum absolute atomic E-state index is 11.6. The number of hydrogen-bond acceptors (Lipinski definition) is 9. The first kappa shape index (κ1) is 24.4. The molecule has 1 rings (SSSR count). The van der Waals surface area contributed by atoms with Crippen molar-refractivity contribution in [3.8, 4) is 0 Å². The number of hydrogen-bond donors (Lipinski definition) is 4. The summed E-state index contributed by atoms with van der Waals surface area (Å²) in [5.41, 5.74) is 0. The van der Waals surface area contributed by atoms with E-state index in [4.69, 9.17) is 14.2 Å². The van der Waals surface area contributed by atoms with Crippen molar-refractivity contribution in [2.75, 3.05) is 13.2 Å². The zero-order valence-corrected chi connectivity index (χ0v) is 16.7. The van der Waals surface area contributed by atoms with Crippen molar-refractivity contribution in [2.45, 2.75) is 83.3 Å². The first-order valence-electron chi connectivity index (χ1n) is 9.40. The van der Waals surface area contributed by atoms with E-state index < -0.39 is 54.7 Å². The topological polar surface area (TPSA) is 143 Å². The fourth-order valence-corrected chi connectivity index (χ4v) is 2.77. The number of nitrogens with one attached hydrogen (secondary N) is 2. The van der Waals surface area contributed by atoms with Crippen LogP contribution in [0.25, 0.3) is 0 Å². The van der Waals surface area contributed by atoms with E-state index in [0.717, 1.165) is 0 Å². The molecule has 0 aromatic rings. The standard InChI is InChI=1S/C18H31N2O8/c1-5-6-14(23)26-9-13-16(24)17(15(18(25)28-13)20-12(4)22)27-11(3)7-19-10(2)8-21/h10-11,13,15-19,24-25H,5-7,9H2,1-4H3,(H,20,22)/t10-,11?,13+,15+,16+,17+,18-/m0/s1. The molecule has 4 N–H and O–H groups in total. The number of amides is 1. The summed E-state index contributed by atoms with van der Waals surface area (Å²) in [6.07, 6.45) is -2.61. The third kappa shape index (κ3) is 7.80. The average molecular weight is 403 g/mol. The second-order valence-corrected chi connectivity index (χ2v) is 6.87. The molecule has 1 heterocycles. The SMILES string of the molecule is CCCC(=O)OC[C@H]1O[C@H](O)[C@H](NC(C)=O)[C@@H](OC(C)CN[C@@H](C)[C]=O)[C@@H]1O. The third-order valence-corrected chi connectivity index (χ3v) is 4.20. The predicted octanol–water partition coefficient (Wildman–Crippen LogP) is -1.23. The van der Waals surface area contributed by atoms with E-state index in [1.807, 2.05) is 6.92 Å². The molecule has 1 unspecified atom stereocenters. The van der Waals surface area contributed by atoms with Gasteiger partial charge in [-0.2, -0.15) is 0 Å². The molecule has 1 aliphatic heterocycles. The monoisotopic (exact) mass is 403 g/mol. The van der Waals surface area contributed by atoms with E-state index in [1.54, 1.807) is 20.1 Å². The molecule has 161 valence electrons. The summed E-state index contributed by atoms with van der Waals surface area (Å²) in [5.74, 6) is -0.873. The quantitative estimate of drug-likeness (QED) is 0.312. The molecule has 0 aliphatic carbocycles. The van der Waals surface area contributed by atoms with Crippen molar-refractivity contribution in [2.24, 2.45) is 0 Å². The molecule has 0 aromatic heterocycles. The first-order chi connectivity index (χ1) is 13.2. The minimum Gasteiger partial charge on any atom is -0.463 e. The minimum absolute atomic E-state index is 0.231. The maximum Gasteiger partial charge on any atom is 0.305 e. The number of carbonyl (C=O) groups is 2. The Bertz CT molecular complexity index is 518. The molecule has 0 saturated carbocycles. The van der Waals surface area contributed by atoms with Gasteiger partial charge in [0.25, 0.3) is 0 Å². The summed E-state index contributed by atoms with van der Waals surface area (Å²) in [6, 6.07) is -1.51. The van der Waals surface area contributed by atoms with Crippen LogP contribution in [0, 0.1) is 0 Å². The molecular formula is C18H31N2O8. The van der Waals surface area contributed by atoms with Gasteiger partial charge in [0.2, 0.25) is 12.2 Å². The summed E-state index contributed by atoms with van der Waals surface area (Å²) in [4.78, 5) is 33.6. The minimum atomic E-state index is -1.46. The van der Waals surface area contributed by atoms with E-state index in [-0.39, 0.29) is 19.6 Å². The van der Waals surface area contributed by atoms with Gasteiger partial charge in [-0.25, -0.2) is 0 Å². The summed E-state index contributed by atoms with van der Waals surface area (Å²) in [5, 5.41) is 26.3. The zero-order chi connectivity index (χ0) is 21.3. The van der Waals surface area contributed by atoms with Crippen molar-refractivity contribution in [3.63, 3.8) is 0 Å². The molecule has 1 fully saturated rings. The Morgan fingerprint density at radius 2 is 1.96 bits per heavy atom. The molecule has 7 atom stereocenters. The van der Waals surface area contributed by atoms with E-state index in [0.29, 0.717) is 6.42 Å². The summed E-state index contributed by atoms with van der Waals surface area (Å²) >= 11 is 0. The predicted molar refractivity (Wildman–Crippen MR) is 97.9 cm³/mol. The van der Waals surface area contributed by atoms with Crippen LogP contribution in [0.5, 0.6) is 0 Å². The highest BCUT2D eigenvalue weighted by molar-refractivity contribution is 5.73. The summed E-state index contributed by atoms with van der Waals surface area (Å²) < 4.78 is 16.2. The molecule has 1 aliphatic rings. The van der Waals surface area contributed by atoms with Gasteiger partial charge in [-0.1, -0.05) is 6.92 Å². The molecule has 10 nitrogen and oxygen atoms in total. The van der Waals surface area contributed by atoms with Gasteiger partial charge in [-0.05, 0) is 20.3 Å². The van der Waals surface area contributed by atoms with Crippen molar-refractivity contribution in [1.29, 1.82) is 0 Å². The van der Waals surface area contributed by atoms with Gasteiger partial charge in [0.05, 0.1) is 12.1 Å². The van der Waals surface area contributed by atoms with Gasteiger partial charge in [0, 0.05) is 19.9 Å². The molecule has 28 heavy (non-hydrogen) atoms. The van der Waals surface area contributed by atoms with Crippen LogP contribution in [-0.4, -0.2) is 84.3 Å². The van der Waals surface area contributed by atoms with Gasteiger partial charge in [-0.15, -0.1) is 0 Å². The van der Waals surface area contributed by atoms with E-state index in [2.05, 4.69) is 10.6 Å². The summed E-state index contributed by atoms with van der Waals surface area (Å²) in [6.45, 7) is 6.46. The molecule has 0 spiro atoms. The molecule has 1 amide bonds. The molecule has 1 saturated heterocycles. The fourth-order valence-electron chi connectivity index (χ4n) is 2.77.